The van der Waals surface area contributed by atoms with Crippen molar-refractivity contribution in [1.29, 1.82) is 0 Å². The molecule has 1 amide bonds. The van der Waals surface area contributed by atoms with Gasteiger partial charge in [0.25, 0.3) is 11.6 Å². The molecule has 0 fully saturated rings. The number of carbonyl (C=O) groups excluding carboxylic acids is 1. The van der Waals surface area contributed by atoms with E-state index in [0.717, 1.165) is 0 Å². The van der Waals surface area contributed by atoms with E-state index in [1.807, 2.05) is 0 Å². The Balaban J connectivity index is 1.52. The third-order valence-electron chi connectivity index (χ3n) is 4.87. The number of amides is 1. The second-order valence-corrected chi connectivity index (χ2v) is 6.91. The Hall–Kier alpha value is -4.79. The van der Waals surface area contributed by atoms with Crippen molar-refractivity contribution in [3.05, 3.63) is 98.9 Å². The SMILES string of the molecule is O=C(Nc1ccccc1-c1nc2ccc([N+](=O)[O-])cc2o1)c1cc2ccccc2oc1=O. The van der Waals surface area contributed by atoms with Crippen molar-refractivity contribution in [2.75, 3.05) is 5.32 Å². The minimum absolute atomic E-state index is 0.121. The van der Waals surface area contributed by atoms with Gasteiger partial charge in [-0.1, -0.05) is 30.3 Å². The van der Waals surface area contributed by atoms with E-state index in [1.54, 1.807) is 48.5 Å². The molecule has 156 valence electrons. The summed E-state index contributed by atoms with van der Waals surface area (Å²) in [6.07, 6.45) is 0. The van der Waals surface area contributed by atoms with Gasteiger partial charge in [-0.3, -0.25) is 14.9 Å². The van der Waals surface area contributed by atoms with Gasteiger partial charge in [0.2, 0.25) is 5.89 Å². The predicted molar refractivity (Wildman–Crippen MR) is 117 cm³/mol. The first-order valence-corrected chi connectivity index (χ1v) is 9.48. The summed E-state index contributed by atoms with van der Waals surface area (Å²) < 4.78 is 10.9. The normalized spacial score (nSPS) is 11.0. The number of aromatic nitrogens is 1. The van der Waals surface area contributed by atoms with Crippen LogP contribution in [-0.2, 0) is 0 Å². The van der Waals surface area contributed by atoms with Crippen molar-refractivity contribution in [1.82, 2.24) is 4.98 Å². The Labute approximate surface area is 179 Å². The Morgan fingerprint density at radius 1 is 0.938 bits per heavy atom. The molecule has 0 saturated heterocycles. The number of oxazole rings is 1. The lowest BCUT2D eigenvalue weighted by molar-refractivity contribution is -0.384. The molecule has 3 aromatic carbocycles. The van der Waals surface area contributed by atoms with E-state index in [1.165, 1.54) is 24.3 Å². The zero-order valence-corrected chi connectivity index (χ0v) is 16.3. The second kappa shape index (κ2) is 7.47. The molecule has 1 N–H and O–H groups in total. The highest BCUT2D eigenvalue weighted by atomic mass is 16.6. The number of nitro groups is 1. The lowest BCUT2D eigenvalue weighted by atomic mass is 10.1. The number of para-hydroxylation sites is 2. The van der Waals surface area contributed by atoms with Crippen molar-refractivity contribution in [2.24, 2.45) is 0 Å². The van der Waals surface area contributed by atoms with Gasteiger partial charge in [-0.15, -0.1) is 0 Å². The smallest absolute Gasteiger partial charge is 0.349 e. The minimum Gasteiger partial charge on any atom is -0.436 e. The highest BCUT2D eigenvalue weighted by Crippen LogP contribution is 2.31. The van der Waals surface area contributed by atoms with Gasteiger partial charge in [-0.2, -0.15) is 0 Å². The molecule has 0 bridgehead atoms. The van der Waals surface area contributed by atoms with Crippen molar-refractivity contribution >= 4 is 39.4 Å². The first-order chi connectivity index (χ1) is 15.5. The largest absolute Gasteiger partial charge is 0.436 e. The number of hydrogen-bond donors (Lipinski definition) is 1. The quantitative estimate of drug-likeness (QED) is 0.249. The van der Waals surface area contributed by atoms with Crippen LogP contribution in [0.25, 0.3) is 33.5 Å². The fourth-order valence-electron chi connectivity index (χ4n) is 3.33. The molecule has 0 spiro atoms. The van der Waals surface area contributed by atoms with Gasteiger partial charge >= 0.3 is 5.63 Å². The number of nitrogens with zero attached hydrogens (tertiary/aromatic N) is 2. The van der Waals surface area contributed by atoms with Crippen LogP contribution in [0.4, 0.5) is 11.4 Å². The van der Waals surface area contributed by atoms with Crippen LogP contribution in [0.3, 0.4) is 0 Å². The number of rotatable bonds is 4. The van der Waals surface area contributed by atoms with Crippen LogP contribution in [0.1, 0.15) is 10.4 Å². The van der Waals surface area contributed by atoms with Crippen molar-refractivity contribution in [2.45, 2.75) is 0 Å². The Morgan fingerprint density at radius 3 is 2.56 bits per heavy atom. The third-order valence-corrected chi connectivity index (χ3v) is 4.87. The Bertz CT molecular complexity index is 1580. The molecular weight excluding hydrogens is 414 g/mol. The monoisotopic (exact) mass is 427 g/mol. The maximum absolute atomic E-state index is 12.9. The molecule has 32 heavy (non-hydrogen) atoms. The molecule has 0 aliphatic carbocycles. The maximum Gasteiger partial charge on any atom is 0.349 e. The van der Waals surface area contributed by atoms with Crippen LogP contribution in [0.15, 0.2) is 86.4 Å². The Morgan fingerprint density at radius 2 is 1.72 bits per heavy atom. The number of fused-ring (bicyclic) bond motifs is 2. The Kier molecular flexibility index (Phi) is 4.48. The first-order valence-electron chi connectivity index (χ1n) is 9.48. The van der Waals surface area contributed by atoms with E-state index in [0.29, 0.717) is 27.7 Å². The molecule has 0 unspecified atom stereocenters. The molecule has 2 aromatic heterocycles. The summed E-state index contributed by atoms with van der Waals surface area (Å²) in [6.45, 7) is 0. The molecule has 2 heterocycles. The van der Waals surface area contributed by atoms with Crippen molar-refractivity contribution in [3.8, 4) is 11.5 Å². The van der Waals surface area contributed by atoms with Gasteiger partial charge in [0.15, 0.2) is 5.58 Å². The average Bonchev–Trinajstić information content (AvgIpc) is 3.22. The van der Waals surface area contributed by atoms with Crippen molar-refractivity contribution < 1.29 is 18.6 Å². The molecule has 0 saturated carbocycles. The number of hydrogen-bond acceptors (Lipinski definition) is 7. The minimum atomic E-state index is -0.757. The molecule has 9 nitrogen and oxygen atoms in total. The lowest BCUT2D eigenvalue weighted by Gasteiger charge is -2.08. The number of nitrogens with one attached hydrogen (secondary N) is 1. The summed E-state index contributed by atoms with van der Waals surface area (Å²) in [4.78, 5) is 40.0. The number of non-ortho nitro benzene ring substituents is 1. The van der Waals surface area contributed by atoms with E-state index >= 15 is 0 Å². The standard InChI is InChI=1S/C23H13N3O6/c27-21(16-11-13-5-1-4-8-19(13)32-23(16)28)24-17-7-3-2-6-15(17)22-25-18-10-9-14(26(29)30)12-20(18)31-22/h1-12H,(H,24,27). The topological polar surface area (TPSA) is 128 Å². The van der Waals surface area contributed by atoms with E-state index in [2.05, 4.69) is 10.3 Å². The predicted octanol–water partition coefficient (Wildman–Crippen LogP) is 4.76. The van der Waals surface area contributed by atoms with Gasteiger partial charge in [-0.05, 0) is 30.3 Å². The molecule has 0 aliphatic heterocycles. The van der Waals surface area contributed by atoms with Gasteiger partial charge in [0.1, 0.15) is 16.7 Å². The molecule has 0 radical (unpaired) electrons. The molecular formula is C23H13N3O6. The number of benzene rings is 3. The molecule has 5 aromatic rings. The second-order valence-electron chi connectivity index (χ2n) is 6.91. The van der Waals surface area contributed by atoms with Crippen LogP contribution in [0.5, 0.6) is 0 Å². The van der Waals surface area contributed by atoms with Crippen LogP contribution < -0.4 is 10.9 Å². The summed E-state index contributed by atoms with van der Waals surface area (Å²) in [5.74, 6) is -0.481. The number of nitro benzene ring substituents is 1. The van der Waals surface area contributed by atoms with Crippen LogP contribution in [-0.4, -0.2) is 15.8 Å². The number of anilines is 1. The van der Waals surface area contributed by atoms with Crippen LogP contribution in [0.2, 0.25) is 0 Å². The fourth-order valence-corrected chi connectivity index (χ4v) is 3.33. The van der Waals surface area contributed by atoms with Gasteiger partial charge in [0.05, 0.1) is 22.2 Å². The average molecular weight is 427 g/mol. The van der Waals surface area contributed by atoms with E-state index in [-0.39, 0.29) is 22.7 Å². The molecule has 9 heteroatoms. The highest BCUT2D eigenvalue weighted by molar-refractivity contribution is 6.07. The summed E-state index contributed by atoms with van der Waals surface area (Å²) in [6, 6.07) is 19.2. The van der Waals surface area contributed by atoms with Gasteiger partial charge in [-0.25, -0.2) is 9.78 Å². The van der Waals surface area contributed by atoms with Crippen LogP contribution >= 0.6 is 0 Å². The highest BCUT2D eigenvalue weighted by Gasteiger charge is 2.19. The summed E-state index contributed by atoms with van der Waals surface area (Å²) in [5.41, 5.74) is 0.836. The maximum atomic E-state index is 12.9. The van der Waals surface area contributed by atoms with Gasteiger partial charge < -0.3 is 14.2 Å². The lowest BCUT2D eigenvalue weighted by Crippen LogP contribution is -2.21. The van der Waals surface area contributed by atoms with Gasteiger partial charge in [0, 0.05) is 11.5 Å². The van der Waals surface area contributed by atoms with E-state index in [4.69, 9.17) is 8.83 Å². The summed E-state index contributed by atoms with van der Waals surface area (Å²) >= 11 is 0. The molecule has 0 aliphatic rings. The molecule has 0 atom stereocenters. The van der Waals surface area contributed by atoms with Crippen LogP contribution in [0, 0.1) is 10.1 Å². The van der Waals surface area contributed by atoms with E-state index in [9.17, 15) is 19.7 Å². The summed E-state index contributed by atoms with van der Waals surface area (Å²) in [5, 5.41) is 14.3. The van der Waals surface area contributed by atoms with E-state index < -0.39 is 16.5 Å². The third kappa shape index (κ3) is 3.37. The van der Waals surface area contributed by atoms with Crippen molar-refractivity contribution in [3.63, 3.8) is 0 Å². The molecule has 5 rings (SSSR count). The zero-order valence-electron chi connectivity index (χ0n) is 16.3. The summed E-state index contributed by atoms with van der Waals surface area (Å²) in [7, 11) is 0. The fraction of sp³-hybridized carbons (Fsp3) is 0. The first kappa shape index (κ1) is 19.2. The zero-order chi connectivity index (χ0) is 22.2. The number of carbonyl (C=O) groups is 1.